The summed E-state index contributed by atoms with van der Waals surface area (Å²) in [7, 11) is 0. The third-order valence-corrected chi connectivity index (χ3v) is 2.68. The van der Waals surface area contributed by atoms with E-state index in [0.717, 1.165) is 0 Å². The Morgan fingerprint density at radius 2 is 2.11 bits per heavy atom. The van der Waals surface area contributed by atoms with Crippen LogP contribution in [0, 0.1) is 17.0 Å². The lowest BCUT2D eigenvalue weighted by Gasteiger charge is -2.12. The van der Waals surface area contributed by atoms with E-state index in [1.54, 1.807) is 20.8 Å². The molecule has 0 unspecified atom stereocenters. The molecule has 6 heteroatoms. The first-order valence-corrected chi connectivity index (χ1v) is 5.67. The molecule has 1 aromatic rings. The second kappa shape index (κ2) is 5.48. The second-order valence-electron chi connectivity index (χ2n) is 3.81. The fourth-order valence-corrected chi connectivity index (χ4v) is 1.87. The summed E-state index contributed by atoms with van der Waals surface area (Å²) in [5, 5.41) is 10.9. The Bertz CT molecular complexity index is 497. The smallest absolute Gasteiger partial charge is 0.340 e. The molecule has 0 saturated heterocycles. The number of hydrogen-bond acceptors (Lipinski definition) is 5. The van der Waals surface area contributed by atoms with Gasteiger partial charge in [-0.15, -0.1) is 0 Å². The number of carbonyl (C=O) groups excluding carboxylic acids is 1. The summed E-state index contributed by atoms with van der Waals surface area (Å²) < 4.78 is 4.90. The Labute approximate surface area is 105 Å². The number of nitro benzene ring substituents is 1. The second-order valence-corrected chi connectivity index (χ2v) is 3.81. The maximum Gasteiger partial charge on any atom is 0.340 e. The highest BCUT2D eigenvalue weighted by Gasteiger charge is 2.24. The number of carbonyl (C=O) groups is 1. The topological polar surface area (TPSA) is 95.5 Å². The van der Waals surface area contributed by atoms with Crippen LogP contribution in [-0.4, -0.2) is 17.5 Å². The molecule has 1 rings (SSSR count). The molecule has 0 amide bonds. The van der Waals surface area contributed by atoms with Crippen LogP contribution in [0.4, 0.5) is 11.4 Å². The molecule has 0 aromatic heterocycles. The summed E-state index contributed by atoms with van der Waals surface area (Å²) in [6.45, 7) is 5.28. The van der Waals surface area contributed by atoms with E-state index in [9.17, 15) is 14.9 Å². The normalized spacial score (nSPS) is 10.2. The molecular formula is C12H16N2O4. The van der Waals surface area contributed by atoms with Crippen LogP contribution in [0.15, 0.2) is 6.07 Å². The van der Waals surface area contributed by atoms with Crippen molar-refractivity contribution in [2.45, 2.75) is 27.2 Å². The predicted octanol–water partition coefficient (Wildman–Crippen LogP) is 2.22. The van der Waals surface area contributed by atoms with Gasteiger partial charge in [-0.05, 0) is 25.8 Å². The van der Waals surface area contributed by atoms with Gasteiger partial charge in [0, 0.05) is 6.07 Å². The van der Waals surface area contributed by atoms with Crippen LogP contribution in [0.5, 0.6) is 0 Å². The minimum atomic E-state index is -0.544. The molecule has 18 heavy (non-hydrogen) atoms. The number of aryl methyl sites for hydroxylation is 1. The van der Waals surface area contributed by atoms with Crippen LogP contribution < -0.4 is 5.73 Å². The number of nitrogen functional groups attached to an aromatic ring is 1. The zero-order valence-electron chi connectivity index (χ0n) is 10.6. The molecular weight excluding hydrogens is 236 g/mol. The Balaban J connectivity index is 3.47. The summed E-state index contributed by atoms with van der Waals surface area (Å²) >= 11 is 0. The van der Waals surface area contributed by atoms with Gasteiger partial charge in [-0.2, -0.15) is 0 Å². The summed E-state index contributed by atoms with van der Waals surface area (Å²) in [5.74, 6) is -0.544. The van der Waals surface area contributed by atoms with Crippen molar-refractivity contribution in [3.05, 3.63) is 32.9 Å². The lowest BCUT2D eigenvalue weighted by Crippen LogP contribution is -2.13. The molecule has 2 N–H and O–H groups in total. The van der Waals surface area contributed by atoms with Crippen LogP contribution in [0.1, 0.15) is 35.3 Å². The van der Waals surface area contributed by atoms with Gasteiger partial charge in [-0.3, -0.25) is 10.1 Å². The first-order valence-electron chi connectivity index (χ1n) is 5.67. The van der Waals surface area contributed by atoms with E-state index in [4.69, 9.17) is 10.5 Å². The average molecular weight is 252 g/mol. The number of ether oxygens (including phenoxy) is 1. The Morgan fingerprint density at radius 3 is 2.56 bits per heavy atom. The van der Waals surface area contributed by atoms with E-state index >= 15 is 0 Å². The highest BCUT2D eigenvalue weighted by Crippen LogP contribution is 2.31. The van der Waals surface area contributed by atoms with Crippen LogP contribution in [-0.2, 0) is 11.2 Å². The van der Waals surface area contributed by atoms with Crippen LogP contribution in [0.2, 0.25) is 0 Å². The standard InChI is InChI=1S/C12H16N2O4/c1-4-8-9(14(16)17)6-7(3)10(11(8)13)12(15)18-5-2/h6H,4-5,13H2,1-3H3. The first-order chi connectivity index (χ1) is 8.43. The van der Waals surface area contributed by atoms with E-state index in [1.807, 2.05) is 0 Å². The molecule has 0 aliphatic heterocycles. The number of nitrogens with two attached hydrogens (primary N) is 1. The van der Waals surface area contributed by atoms with Crippen molar-refractivity contribution in [3.63, 3.8) is 0 Å². The van der Waals surface area contributed by atoms with E-state index in [1.165, 1.54) is 6.07 Å². The van der Waals surface area contributed by atoms with Gasteiger partial charge < -0.3 is 10.5 Å². The third-order valence-electron chi connectivity index (χ3n) is 2.68. The fourth-order valence-electron chi connectivity index (χ4n) is 1.87. The molecule has 0 fully saturated rings. The van der Waals surface area contributed by atoms with Crippen molar-refractivity contribution in [2.24, 2.45) is 0 Å². The SMILES string of the molecule is CCOC(=O)c1c(C)cc([N+](=O)[O-])c(CC)c1N. The molecule has 98 valence electrons. The molecule has 0 aliphatic rings. The van der Waals surface area contributed by atoms with Gasteiger partial charge in [-0.25, -0.2) is 4.79 Å². The minimum absolute atomic E-state index is 0.0550. The number of rotatable bonds is 4. The molecule has 0 spiro atoms. The number of nitrogens with zero attached hydrogens (tertiary/aromatic N) is 1. The van der Waals surface area contributed by atoms with Gasteiger partial charge in [0.2, 0.25) is 0 Å². The minimum Gasteiger partial charge on any atom is -0.462 e. The zero-order valence-corrected chi connectivity index (χ0v) is 10.6. The summed E-state index contributed by atoms with van der Waals surface area (Å²) in [5.41, 5.74) is 6.99. The van der Waals surface area contributed by atoms with Crippen molar-refractivity contribution in [1.82, 2.24) is 0 Å². The molecule has 0 atom stereocenters. The average Bonchev–Trinajstić information content (AvgIpc) is 2.28. The predicted molar refractivity (Wildman–Crippen MR) is 67.6 cm³/mol. The maximum absolute atomic E-state index is 11.8. The largest absolute Gasteiger partial charge is 0.462 e. The first kappa shape index (κ1) is 14.0. The van der Waals surface area contributed by atoms with E-state index < -0.39 is 10.9 Å². The Hall–Kier alpha value is -2.11. The molecule has 0 bridgehead atoms. The van der Waals surface area contributed by atoms with Crippen LogP contribution in [0.3, 0.4) is 0 Å². The fraction of sp³-hybridized carbons (Fsp3) is 0.417. The lowest BCUT2D eigenvalue weighted by molar-refractivity contribution is -0.385. The van der Waals surface area contributed by atoms with Gasteiger partial charge >= 0.3 is 5.97 Å². The quantitative estimate of drug-likeness (QED) is 0.383. The monoisotopic (exact) mass is 252 g/mol. The molecule has 6 nitrogen and oxygen atoms in total. The van der Waals surface area contributed by atoms with E-state index in [2.05, 4.69) is 0 Å². The molecule has 0 radical (unpaired) electrons. The number of benzene rings is 1. The number of nitro groups is 1. The van der Waals surface area contributed by atoms with Gasteiger partial charge in [0.25, 0.3) is 5.69 Å². The maximum atomic E-state index is 11.8. The Morgan fingerprint density at radius 1 is 1.50 bits per heavy atom. The Kier molecular flexibility index (Phi) is 4.25. The molecule has 0 heterocycles. The van der Waals surface area contributed by atoms with Crippen LogP contribution in [0.25, 0.3) is 0 Å². The van der Waals surface area contributed by atoms with Crippen molar-refractivity contribution in [3.8, 4) is 0 Å². The highest BCUT2D eigenvalue weighted by molar-refractivity contribution is 5.98. The summed E-state index contributed by atoms with van der Waals surface area (Å²) in [6.07, 6.45) is 0.384. The van der Waals surface area contributed by atoms with Gasteiger partial charge in [0.15, 0.2) is 0 Å². The van der Waals surface area contributed by atoms with Crippen LogP contribution >= 0.6 is 0 Å². The molecule has 0 aliphatic carbocycles. The summed E-state index contributed by atoms with van der Waals surface area (Å²) in [4.78, 5) is 22.2. The summed E-state index contributed by atoms with van der Waals surface area (Å²) in [6, 6.07) is 1.36. The van der Waals surface area contributed by atoms with E-state index in [-0.39, 0.29) is 23.5 Å². The highest BCUT2D eigenvalue weighted by atomic mass is 16.6. The molecule has 0 saturated carbocycles. The number of anilines is 1. The van der Waals surface area contributed by atoms with Crippen molar-refractivity contribution < 1.29 is 14.5 Å². The van der Waals surface area contributed by atoms with Crippen molar-refractivity contribution in [2.75, 3.05) is 12.3 Å². The van der Waals surface area contributed by atoms with Gasteiger partial charge in [-0.1, -0.05) is 6.92 Å². The van der Waals surface area contributed by atoms with Crippen molar-refractivity contribution in [1.29, 1.82) is 0 Å². The number of esters is 1. The zero-order chi connectivity index (χ0) is 13.9. The van der Waals surface area contributed by atoms with Gasteiger partial charge in [0.1, 0.15) is 0 Å². The van der Waals surface area contributed by atoms with Gasteiger partial charge in [0.05, 0.1) is 28.3 Å². The van der Waals surface area contributed by atoms with E-state index in [0.29, 0.717) is 17.5 Å². The number of hydrogen-bond donors (Lipinski definition) is 1. The third kappa shape index (κ3) is 2.42. The lowest BCUT2D eigenvalue weighted by atomic mass is 9.98. The van der Waals surface area contributed by atoms with Crippen molar-refractivity contribution >= 4 is 17.3 Å². The molecule has 1 aromatic carbocycles.